The van der Waals surface area contributed by atoms with Crippen molar-refractivity contribution < 1.29 is 17.7 Å². The molecule has 1 aromatic carbocycles. The van der Waals surface area contributed by atoms with Gasteiger partial charge in [0.15, 0.2) is 11.5 Å². The number of anilines is 1. The second-order valence-electron chi connectivity index (χ2n) is 12.8. The first kappa shape index (κ1) is 31.6. The van der Waals surface area contributed by atoms with Gasteiger partial charge in [0, 0.05) is 10.8 Å². The quantitative estimate of drug-likeness (QED) is 0.197. The van der Waals surface area contributed by atoms with E-state index in [9.17, 15) is 0 Å². The van der Waals surface area contributed by atoms with Gasteiger partial charge < -0.3 is 23.4 Å². The molecule has 12 heteroatoms. The highest BCUT2D eigenvalue weighted by Gasteiger charge is 2.61. The zero-order valence-corrected chi connectivity index (χ0v) is 29.0. The van der Waals surface area contributed by atoms with Gasteiger partial charge in [0.05, 0.1) is 19.0 Å². The molecule has 2 aromatic heterocycles. The maximum atomic E-state index is 7.51. The highest BCUT2D eigenvalue weighted by molar-refractivity contribution is 7.99. The van der Waals surface area contributed by atoms with Crippen molar-refractivity contribution in [2.24, 2.45) is 5.92 Å². The molecule has 230 valence electrons. The van der Waals surface area contributed by atoms with E-state index in [0.29, 0.717) is 23.6 Å². The van der Waals surface area contributed by atoms with E-state index < -0.39 is 17.1 Å². The molecule has 0 aliphatic carbocycles. The molecule has 0 radical (unpaired) electrons. The molecule has 3 aromatic rings. The second-order valence-corrected chi connectivity index (χ2v) is 22.8. The fraction of sp³-hybridized carbons (Fsp3) is 0.633. The van der Waals surface area contributed by atoms with Crippen molar-refractivity contribution in [3.8, 4) is 0 Å². The van der Waals surface area contributed by atoms with Crippen LogP contribution in [-0.2, 0) is 17.7 Å². The molecular formula is C30H47N5O4SSi2. The van der Waals surface area contributed by atoms with Gasteiger partial charge in [-0.15, -0.1) is 11.8 Å². The van der Waals surface area contributed by atoms with E-state index in [1.165, 1.54) is 11.2 Å². The van der Waals surface area contributed by atoms with Gasteiger partial charge in [-0.3, -0.25) is 4.57 Å². The fourth-order valence-electron chi connectivity index (χ4n) is 6.70. The monoisotopic (exact) mass is 629 g/mol. The Bertz CT molecular complexity index is 1330. The van der Waals surface area contributed by atoms with Crippen LogP contribution in [0.5, 0.6) is 0 Å². The summed E-state index contributed by atoms with van der Waals surface area (Å²) in [7, 11) is -5.48. The Balaban J connectivity index is 1.57. The predicted octanol–water partition coefficient (Wildman–Crippen LogP) is 7.06. The van der Waals surface area contributed by atoms with Gasteiger partial charge in [-0.25, -0.2) is 15.0 Å². The van der Waals surface area contributed by atoms with Gasteiger partial charge in [-0.2, -0.15) is 0 Å². The van der Waals surface area contributed by atoms with Crippen LogP contribution in [-0.4, -0.2) is 61.2 Å². The van der Waals surface area contributed by atoms with Crippen LogP contribution in [0.4, 0.5) is 5.82 Å². The van der Waals surface area contributed by atoms with Gasteiger partial charge in [0.25, 0.3) is 0 Å². The number of ether oxygens (including phenoxy) is 1. The van der Waals surface area contributed by atoms with Crippen molar-refractivity contribution in [1.82, 2.24) is 19.5 Å². The summed E-state index contributed by atoms with van der Waals surface area (Å²) < 4.78 is 31.0. The fourth-order valence-corrected chi connectivity index (χ4v) is 18.9. The molecule has 2 aliphatic rings. The van der Waals surface area contributed by atoms with Crippen molar-refractivity contribution in [2.75, 3.05) is 18.1 Å². The Morgan fingerprint density at radius 1 is 0.929 bits per heavy atom. The van der Waals surface area contributed by atoms with Gasteiger partial charge >= 0.3 is 17.1 Å². The Morgan fingerprint density at radius 2 is 1.60 bits per heavy atom. The van der Waals surface area contributed by atoms with Gasteiger partial charge in [0.2, 0.25) is 0 Å². The summed E-state index contributed by atoms with van der Waals surface area (Å²) in [5.74, 6) is 1.31. The molecule has 0 amide bonds. The lowest BCUT2D eigenvalue weighted by atomic mass is 9.97. The minimum atomic E-state index is -2.81. The van der Waals surface area contributed by atoms with Crippen molar-refractivity contribution in [2.45, 2.75) is 107 Å². The summed E-state index contributed by atoms with van der Waals surface area (Å²) in [6.45, 7) is 18.5. The number of thioether (sulfide) groups is 1. The van der Waals surface area contributed by atoms with E-state index in [1.807, 2.05) is 16.3 Å². The van der Waals surface area contributed by atoms with Gasteiger partial charge in [-0.1, -0.05) is 73.6 Å². The predicted molar refractivity (Wildman–Crippen MR) is 173 cm³/mol. The molecule has 0 spiro atoms. The van der Waals surface area contributed by atoms with Crippen molar-refractivity contribution >= 4 is 45.9 Å². The standard InChI is InChI=1S/C30H47N5O4SSi2/c1-19(2)41(20(3)4)36-16-25-27(38-42(39-41,21(5)6)22(7)8)24(14-15-40-23-12-10-9-11-13-23)30(37-25)35-18-34-26-28(31)32-17-33-29(26)35/h9-13,17-22,24-25,27,30H,14-16H2,1-8H3,(H2,31,32,33)/t24-,25+,27-,30+/m0/s1. The third-order valence-electron chi connectivity index (χ3n) is 8.92. The topological polar surface area (TPSA) is 107 Å². The zero-order valence-electron chi connectivity index (χ0n) is 26.2. The number of nitrogens with zero attached hydrogens (tertiary/aromatic N) is 4. The van der Waals surface area contributed by atoms with E-state index in [2.05, 4.69) is 101 Å². The van der Waals surface area contributed by atoms with Crippen LogP contribution in [0.1, 0.15) is 68.0 Å². The van der Waals surface area contributed by atoms with Crippen LogP contribution in [0.3, 0.4) is 0 Å². The lowest BCUT2D eigenvalue weighted by Crippen LogP contribution is -2.65. The number of aromatic nitrogens is 4. The number of nitrogen functional groups attached to an aromatic ring is 1. The van der Waals surface area contributed by atoms with E-state index >= 15 is 0 Å². The van der Waals surface area contributed by atoms with Crippen molar-refractivity contribution in [3.05, 3.63) is 43.0 Å². The molecule has 42 heavy (non-hydrogen) atoms. The largest absolute Gasteiger partial charge is 0.414 e. The molecule has 4 atom stereocenters. The molecule has 0 unspecified atom stereocenters. The average molecular weight is 630 g/mol. The molecule has 2 N–H and O–H groups in total. The molecule has 2 saturated heterocycles. The third kappa shape index (κ3) is 5.71. The highest BCUT2D eigenvalue weighted by Crippen LogP contribution is 2.50. The summed E-state index contributed by atoms with van der Waals surface area (Å²) in [5, 5.41) is 0. The number of benzene rings is 1. The van der Waals surface area contributed by atoms with Gasteiger partial charge in [-0.05, 0) is 46.5 Å². The van der Waals surface area contributed by atoms with Crippen LogP contribution < -0.4 is 5.73 Å². The van der Waals surface area contributed by atoms with Crippen LogP contribution >= 0.6 is 11.8 Å². The third-order valence-corrected chi connectivity index (χ3v) is 20.2. The Hall–Kier alpha value is -1.81. The molecule has 4 heterocycles. The second kappa shape index (κ2) is 12.7. The molecule has 9 nitrogen and oxygen atoms in total. The summed E-state index contributed by atoms with van der Waals surface area (Å²) in [4.78, 5) is 14.5. The van der Waals surface area contributed by atoms with Crippen LogP contribution in [0, 0.1) is 5.92 Å². The first-order valence-electron chi connectivity index (χ1n) is 15.3. The van der Waals surface area contributed by atoms with E-state index in [4.69, 9.17) is 23.4 Å². The average Bonchev–Trinajstić information content (AvgIpc) is 3.50. The maximum absolute atomic E-state index is 7.51. The summed E-state index contributed by atoms with van der Waals surface area (Å²) in [6, 6.07) is 10.5. The van der Waals surface area contributed by atoms with Crippen molar-refractivity contribution in [3.63, 3.8) is 0 Å². The minimum absolute atomic E-state index is 0.0312. The number of imidazole rings is 1. The van der Waals surface area contributed by atoms with Crippen LogP contribution in [0.25, 0.3) is 11.2 Å². The zero-order chi connectivity index (χ0) is 30.2. The Morgan fingerprint density at radius 3 is 2.24 bits per heavy atom. The highest BCUT2D eigenvalue weighted by atomic mass is 32.2. The lowest BCUT2D eigenvalue weighted by molar-refractivity contribution is -0.0550. The smallest absolute Gasteiger partial charge is 0.335 e. The lowest BCUT2D eigenvalue weighted by Gasteiger charge is -2.51. The Labute approximate surface area is 256 Å². The number of nitrogens with two attached hydrogens (primary N) is 1. The maximum Gasteiger partial charge on any atom is 0.335 e. The van der Waals surface area contributed by atoms with E-state index in [0.717, 1.165) is 12.2 Å². The summed E-state index contributed by atoms with van der Waals surface area (Å²) >= 11 is 1.86. The van der Waals surface area contributed by atoms with Gasteiger partial charge in [0.1, 0.15) is 24.2 Å². The molecule has 2 aliphatic heterocycles. The summed E-state index contributed by atoms with van der Waals surface area (Å²) in [6.07, 6.45) is 3.38. The minimum Gasteiger partial charge on any atom is -0.414 e. The van der Waals surface area contributed by atoms with Crippen LogP contribution in [0.15, 0.2) is 47.9 Å². The molecule has 0 bridgehead atoms. The van der Waals surface area contributed by atoms with E-state index in [1.54, 1.807) is 6.33 Å². The first-order chi connectivity index (χ1) is 20.0. The SMILES string of the molecule is CC(C)[Si]1(C(C)C)OC[C@H]2O[C@@H](n3cnc4c(N)ncnc43)[C@@H](CCSc3ccccc3)[C@@H]2O[Si](C(C)C)(C(C)C)O1. The number of fused-ring (bicyclic) bond motifs is 2. The number of rotatable bonds is 9. The molecule has 0 saturated carbocycles. The number of hydrogen-bond acceptors (Lipinski definition) is 9. The molecule has 5 rings (SSSR count). The Kier molecular flexibility index (Phi) is 9.53. The summed E-state index contributed by atoms with van der Waals surface area (Å²) in [5.41, 5.74) is 8.45. The number of hydrogen-bond donors (Lipinski definition) is 1. The molecule has 2 fully saturated rings. The normalized spacial score (nSPS) is 25.8. The molecular weight excluding hydrogens is 583 g/mol. The van der Waals surface area contributed by atoms with E-state index in [-0.39, 0.29) is 46.5 Å². The van der Waals surface area contributed by atoms with Crippen LogP contribution in [0.2, 0.25) is 22.2 Å². The van der Waals surface area contributed by atoms with Crippen molar-refractivity contribution in [1.29, 1.82) is 0 Å². The first-order valence-corrected chi connectivity index (χ1v) is 20.2.